The molecule has 0 saturated carbocycles. The number of benzene rings is 2. The highest BCUT2D eigenvalue weighted by molar-refractivity contribution is 7.98. The molecule has 0 unspecified atom stereocenters. The third-order valence-corrected chi connectivity index (χ3v) is 6.46. The fraction of sp³-hybridized carbons (Fsp3) is 0.280. The van der Waals surface area contributed by atoms with Crippen LogP contribution in [-0.2, 0) is 7.05 Å². The molecular formula is C25H27ClFN3O2S. The number of pyridine rings is 1. The molecule has 0 aliphatic rings. The summed E-state index contributed by atoms with van der Waals surface area (Å²) >= 11 is 7.84. The molecule has 174 valence electrons. The van der Waals surface area contributed by atoms with Crippen LogP contribution in [0.3, 0.4) is 0 Å². The Morgan fingerprint density at radius 2 is 1.79 bits per heavy atom. The lowest BCUT2D eigenvalue weighted by molar-refractivity contribution is 0.103. The van der Waals surface area contributed by atoms with E-state index in [2.05, 4.69) is 25.5 Å². The SMILES string of the molecule is C[C@H](NSC(C)(C)C)c1cc(=O)n(C)cc1-c1cc(N)c(Cl)cc1C(=O)c1ccc(F)cc1. The van der Waals surface area contributed by atoms with Gasteiger partial charge >= 0.3 is 0 Å². The molecule has 8 heteroatoms. The summed E-state index contributed by atoms with van der Waals surface area (Å²) < 4.78 is 18.2. The number of carbonyl (C=O) groups excluding carboxylic acids is 1. The van der Waals surface area contributed by atoms with Crippen LogP contribution in [0, 0.1) is 5.82 Å². The average Bonchev–Trinajstić information content (AvgIpc) is 2.75. The van der Waals surface area contributed by atoms with Gasteiger partial charge in [-0.25, -0.2) is 4.39 Å². The highest BCUT2D eigenvalue weighted by atomic mass is 35.5. The summed E-state index contributed by atoms with van der Waals surface area (Å²) in [5.74, 6) is -0.755. The van der Waals surface area contributed by atoms with Gasteiger partial charge in [0.2, 0.25) is 0 Å². The van der Waals surface area contributed by atoms with E-state index in [-0.39, 0.29) is 27.2 Å². The minimum Gasteiger partial charge on any atom is -0.398 e. The van der Waals surface area contributed by atoms with Crippen LogP contribution in [0.5, 0.6) is 0 Å². The van der Waals surface area contributed by atoms with Gasteiger partial charge in [0.25, 0.3) is 5.56 Å². The number of hydrogen-bond acceptors (Lipinski definition) is 5. The van der Waals surface area contributed by atoms with Gasteiger partial charge in [-0.1, -0.05) is 23.5 Å². The number of halogens is 2. The van der Waals surface area contributed by atoms with Crippen molar-refractivity contribution in [1.82, 2.24) is 9.29 Å². The molecule has 0 amide bonds. The first kappa shape index (κ1) is 25.0. The van der Waals surface area contributed by atoms with Gasteiger partial charge in [0, 0.05) is 46.8 Å². The van der Waals surface area contributed by atoms with Crippen molar-refractivity contribution in [2.75, 3.05) is 5.73 Å². The van der Waals surface area contributed by atoms with Gasteiger partial charge in [-0.2, -0.15) is 0 Å². The Morgan fingerprint density at radius 3 is 2.39 bits per heavy atom. The van der Waals surface area contributed by atoms with Crippen molar-refractivity contribution in [2.45, 2.75) is 38.5 Å². The number of ketones is 1. The lowest BCUT2D eigenvalue weighted by atomic mass is 9.90. The number of aryl methyl sites for hydroxylation is 1. The summed E-state index contributed by atoms with van der Waals surface area (Å²) in [6, 6.07) is 9.85. The maximum Gasteiger partial charge on any atom is 0.250 e. The standard InChI is InChI=1S/C25H27ClFN3O2S/c1-14(29-33-25(2,3)4)17-12-23(31)30(5)13-20(17)18-11-22(28)21(26)10-19(18)24(32)15-6-8-16(27)9-7-15/h6-14,29H,28H2,1-5H3/t14-/m0/s1. The van der Waals surface area contributed by atoms with Crippen LogP contribution in [0.4, 0.5) is 10.1 Å². The molecule has 0 saturated heterocycles. The Balaban J connectivity index is 2.20. The van der Waals surface area contributed by atoms with Crippen LogP contribution < -0.4 is 16.0 Å². The van der Waals surface area contributed by atoms with Gasteiger partial charge in [-0.3, -0.25) is 14.3 Å². The van der Waals surface area contributed by atoms with Crippen molar-refractivity contribution in [3.63, 3.8) is 0 Å². The molecule has 0 fully saturated rings. The zero-order valence-electron chi connectivity index (χ0n) is 19.2. The molecule has 33 heavy (non-hydrogen) atoms. The molecule has 5 nitrogen and oxygen atoms in total. The first-order chi connectivity index (χ1) is 15.4. The Bertz CT molecular complexity index is 1250. The van der Waals surface area contributed by atoms with Crippen molar-refractivity contribution >= 4 is 35.0 Å². The molecule has 0 aliphatic heterocycles. The van der Waals surface area contributed by atoms with E-state index >= 15 is 0 Å². The molecule has 3 aromatic rings. The van der Waals surface area contributed by atoms with Crippen LogP contribution in [0.15, 0.2) is 53.5 Å². The fourth-order valence-electron chi connectivity index (χ4n) is 3.31. The molecule has 1 aromatic heterocycles. The van der Waals surface area contributed by atoms with Crippen molar-refractivity contribution in [3.05, 3.63) is 86.5 Å². The minimum atomic E-state index is -0.432. The van der Waals surface area contributed by atoms with Gasteiger partial charge in [0.1, 0.15) is 5.82 Å². The van der Waals surface area contributed by atoms with E-state index in [1.807, 2.05) is 6.92 Å². The molecule has 2 aromatic carbocycles. The minimum absolute atomic E-state index is 0.0391. The van der Waals surface area contributed by atoms with Crippen molar-refractivity contribution in [1.29, 1.82) is 0 Å². The van der Waals surface area contributed by atoms with Gasteiger partial charge in [0.15, 0.2) is 5.78 Å². The number of aromatic nitrogens is 1. The molecule has 0 aliphatic carbocycles. The monoisotopic (exact) mass is 487 g/mol. The number of anilines is 1. The number of nitrogen functional groups attached to an aromatic ring is 1. The Morgan fingerprint density at radius 1 is 1.15 bits per heavy atom. The van der Waals surface area contributed by atoms with Gasteiger partial charge in [-0.15, -0.1) is 0 Å². The fourth-order valence-corrected chi connectivity index (χ4v) is 4.13. The number of carbonyl (C=O) groups is 1. The maximum absolute atomic E-state index is 13.4. The highest BCUT2D eigenvalue weighted by Gasteiger charge is 2.23. The van der Waals surface area contributed by atoms with Gasteiger partial charge in [-0.05, 0) is 75.2 Å². The van der Waals surface area contributed by atoms with Crippen LogP contribution in [-0.4, -0.2) is 15.1 Å². The number of nitrogens with two attached hydrogens (primary N) is 1. The van der Waals surface area contributed by atoms with Crippen LogP contribution in [0.25, 0.3) is 11.1 Å². The number of nitrogens with one attached hydrogen (secondary N) is 1. The largest absolute Gasteiger partial charge is 0.398 e. The molecular weight excluding hydrogens is 461 g/mol. The first-order valence-corrected chi connectivity index (χ1v) is 11.6. The first-order valence-electron chi connectivity index (χ1n) is 10.4. The van der Waals surface area contributed by atoms with E-state index in [1.54, 1.807) is 37.3 Å². The lowest BCUT2D eigenvalue weighted by Gasteiger charge is -2.24. The van der Waals surface area contributed by atoms with Crippen LogP contribution >= 0.6 is 23.5 Å². The molecule has 0 radical (unpaired) electrons. The van der Waals surface area contributed by atoms with Crippen molar-refractivity contribution < 1.29 is 9.18 Å². The van der Waals surface area contributed by atoms with Crippen molar-refractivity contribution in [2.24, 2.45) is 7.05 Å². The van der Waals surface area contributed by atoms with Gasteiger partial charge < -0.3 is 10.3 Å². The summed E-state index contributed by atoms with van der Waals surface area (Å²) in [6.45, 7) is 8.21. The zero-order valence-corrected chi connectivity index (χ0v) is 20.8. The quantitative estimate of drug-likeness (QED) is 0.263. The topological polar surface area (TPSA) is 77.1 Å². The summed E-state index contributed by atoms with van der Waals surface area (Å²) in [5, 5.41) is 0.241. The predicted octanol–water partition coefficient (Wildman–Crippen LogP) is 5.76. The lowest BCUT2D eigenvalue weighted by Crippen LogP contribution is -2.24. The highest BCUT2D eigenvalue weighted by Crippen LogP contribution is 2.36. The van der Waals surface area contributed by atoms with Crippen LogP contribution in [0.1, 0.15) is 55.2 Å². The Hall–Kier alpha value is -2.61. The summed E-state index contributed by atoms with van der Waals surface area (Å²) in [6.07, 6.45) is 1.70. The summed E-state index contributed by atoms with van der Waals surface area (Å²) in [7, 11) is 1.65. The van der Waals surface area contributed by atoms with Crippen LogP contribution in [0.2, 0.25) is 5.02 Å². The smallest absolute Gasteiger partial charge is 0.250 e. The number of nitrogens with zero attached hydrogens (tertiary/aromatic N) is 1. The third kappa shape index (κ3) is 5.85. The predicted molar refractivity (Wildman–Crippen MR) is 135 cm³/mol. The Labute approximate surface area is 202 Å². The van der Waals surface area contributed by atoms with E-state index in [9.17, 15) is 14.0 Å². The molecule has 3 rings (SSSR count). The number of rotatable bonds is 6. The molecule has 1 heterocycles. The van der Waals surface area contributed by atoms with Crippen molar-refractivity contribution in [3.8, 4) is 11.1 Å². The molecule has 3 N–H and O–H groups in total. The van der Waals surface area contributed by atoms with E-state index in [4.69, 9.17) is 17.3 Å². The maximum atomic E-state index is 13.4. The van der Waals surface area contributed by atoms with E-state index in [0.29, 0.717) is 27.9 Å². The number of hydrogen-bond donors (Lipinski definition) is 2. The Kier molecular flexibility index (Phi) is 7.36. The normalized spacial score (nSPS) is 12.6. The second-order valence-corrected chi connectivity index (χ2v) is 11.0. The third-order valence-electron chi connectivity index (χ3n) is 5.05. The summed E-state index contributed by atoms with van der Waals surface area (Å²) in [4.78, 5) is 25.9. The van der Waals surface area contributed by atoms with E-state index < -0.39 is 5.82 Å². The summed E-state index contributed by atoms with van der Waals surface area (Å²) in [5.41, 5.74) is 8.85. The molecule has 0 spiro atoms. The van der Waals surface area contributed by atoms with E-state index in [0.717, 1.165) is 5.56 Å². The molecule has 0 bridgehead atoms. The van der Waals surface area contributed by atoms with E-state index in [1.165, 1.54) is 34.9 Å². The van der Waals surface area contributed by atoms with Gasteiger partial charge in [0.05, 0.1) is 10.7 Å². The zero-order chi connectivity index (χ0) is 24.5. The second kappa shape index (κ2) is 9.71. The average molecular weight is 488 g/mol. The second-order valence-electron chi connectivity index (χ2n) is 8.90. The molecule has 1 atom stereocenters.